The fraction of sp³-hybridized carbons (Fsp3) is 1.00. The summed E-state index contributed by atoms with van der Waals surface area (Å²) in [4.78, 5) is 0. The molecule has 15 heavy (non-hydrogen) atoms. The van der Waals surface area contributed by atoms with E-state index in [-0.39, 0.29) is 12.0 Å². The van der Waals surface area contributed by atoms with Gasteiger partial charge in [0.1, 0.15) is 0 Å². The van der Waals surface area contributed by atoms with E-state index >= 15 is 0 Å². The molecule has 0 saturated heterocycles. The predicted molar refractivity (Wildman–Crippen MR) is 53.5 cm³/mol. The maximum absolute atomic E-state index is 11.8. The summed E-state index contributed by atoms with van der Waals surface area (Å²) in [7, 11) is 0. The van der Waals surface area contributed by atoms with E-state index in [1.54, 1.807) is 0 Å². The van der Waals surface area contributed by atoms with Crippen LogP contribution in [-0.2, 0) is 0 Å². The van der Waals surface area contributed by atoms with Crippen LogP contribution < -0.4 is 11.1 Å². The third-order valence-corrected chi connectivity index (χ3v) is 2.89. The lowest BCUT2D eigenvalue weighted by Crippen LogP contribution is -2.54. The number of alkyl halides is 3. The molecule has 0 bridgehead atoms. The number of halogens is 3. The summed E-state index contributed by atoms with van der Waals surface area (Å²) in [5, 5.41) is 3.12. The standard InChI is InChI=1S/C10H19F3N2/c11-10(12,13)6-1-2-7-15-8-9(14)4-3-5-9/h15H,1-8,14H2. The lowest BCUT2D eigenvalue weighted by atomic mass is 9.78. The van der Waals surface area contributed by atoms with E-state index in [4.69, 9.17) is 5.73 Å². The number of hydrogen-bond donors (Lipinski definition) is 2. The highest BCUT2D eigenvalue weighted by Gasteiger charge is 2.31. The first kappa shape index (κ1) is 12.8. The third-order valence-electron chi connectivity index (χ3n) is 2.89. The zero-order chi connectivity index (χ0) is 11.4. The van der Waals surface area contributed by atoms with Gasteiger partial charge in [0.2, 0.25) is 0 Å². The summed E-state index contributed by atoms with van der Waals surface area (Å²) >= 11 is 0. The highest BCUT2D eigenvalue weighted by atomic mass is 19.4. The molecule has 1 aliphatic rings. The minimum absolute atomic E-state index is 0.0793. The summed E-state index contributed by atoms with van der Waals surface area (Å²) in [5.74, 6) is 0. The number of hydrogen-bond acceptors (Lipinski definition) is 2. The van der Waals surface area contributed by atoms with Crippen molar-refractivity contribution in [3.05, 3.63) is 0 Å². The zero-order valence-electron chi connectivity index (χ0n) is 8.87. The van der Waals surface area contributed by atoms with Crippen molar-refractivity contribution >= 4 is 0 Å². The zero-order valence-corrected chi connectivity index (χ0v) is 8.87. The summed E-state index contributed by atoms with van der Waals surface area (Å²) in [6, 6.07) is 0. The van der Waals surface area contributed by atoms with E-state index in [2.05, 4.69) is 5.32 Å². The Labute approximate surface area is 88.4 Å². The predicted octanol–water partition coefficient (Wildman–Crippen LogP) is 2.19. The summed E-state index contributed by atoms with van der Waals surface area (Å²) < 4.78 is 35.3. The van der Waals surface area contributed by atoms with Gasteiger partial charge in [-0.2, -0.15) is 13.2 Å². The molecule has 0 aromatic rings. The molecule has 1 aliphatic carbocycles. The van der Waals surface area contributed by atoms with Crippen LogP contribution in [0, 0.1) is 0 Å². The van der Waals surface area contributed by atoms with Crippen molar-refractivity contribution in [1.29, 1.82) is 0 Å². The van der Waals surface area contributed by atoms with Gasteiger partial charge in [-0.3, -0.25) is 0 Å². The monoisotopic (exact) mass is 224 g/mol. The fourth-order valence-corrected chi connectivity index (χ4v) is 1.72. The Bertz CT molecular complexity index is 188. The first-order valence-corrected chi connectivity index (χ1v) is 5.48. The van der Waals surface area contributed by atoms with Crippen molar-refractivity contribution in [1.82, 2.24) is 5.32 Å². The van der Waals surface area contributed by atoms with Gasteiger partial charge in [0.05, 0.1) is 0 Å². The minimum atomic E-state index is -4.01. The van der Waals surface area contributed by atoms with Gasteiger partial charge in [0.25, 0.3) is 0 Å². The lowest BCUT2D eigenvalue weighted by molar-refractivity contribution is -0.135. The Morgan fingerprint density at radius 3 is 2.33 bits per heavy atom. The molecule has 0 aromatic heterocycles. The minimum Gasteiger partial charge on any atom is -0.324 e. The fourth-order valence-electron chi connectivity index (χ4n) is 1.72. The van der Waals surface area contributed by atoms with E-state index in [0.717, 1.165) is 19.4 Å². The van der Waals surface area contributed by atoms with Crippen molar-refractivity contribution < 1.29 is 13.2 Å². The quantitative estimate of drug-likeness (QED) is 0.679. The summed E-state index contributed by atoms with van der Waals surface area (Å²) in [5.41, 5.74) is 5.86. The van der Waals surface area contributed by atoms with Crippen molar-refractivity contribution in [2.75, 3.05) is 13.1 Å². The highest BCUT2D eigenvalue weighted by Crippen LogP contribution is 2.28. The van der Waals surface area contributed by atoms with Crippen LogP contribution in [-0.4, -0.2) is 24.8 Å². The second-order valence-electron chi connectivity index (χ2n) is 4.46. The number of nitrogens with two attached hydrogens (primary N) is 1. The molecule has 5 heteroatoms. The Morgan fingerprint density at radius 1 is 1.20 bits per heavy atom. The third kappa shape index (κ3) is 5.37. The molecule has 0 unspecified atom stereocenters. The van der Waals surface area contributed by atoms with Gasteiger partial charge in [0, 0.05) is 18.5 Å². The summed E-state index contributed by atoms with van der Waals surface area (Å²) in [6.45, 7) is 1.37. The molecule has 0 aromatic carbocycles. The molecule has 1 saturated carbocycles. The average molecular weight is 224 g/mol. The molecule has 3 N–H and O–H groups in total. The first-order valence-electron chi connectivity index (χ1n) is 5.48. The van der Waals surface area contributed by atoms with Gasteiger partial charge in [-0.05, 0) is 38.6 Å². The maximum atomic E-state index is 11.8. The van der Waals surface area contributed by atoms with Crippen LogP contribution in [0.3, 0.4) is 0 Å². The molecule has 0 heterocycles. The van der Waals surface area contributed by atoms with Crippen LogP contribution in [0.5, 0.6) is 0 Å². The summed E-state index contributed by atoms with van der Waals surface area (Å²) in [6.07, 6.45) is -0.688. The maximum Gasteiger partial charge on any atom is 0.389 e. The van der Waals surface area contributed by atoms with Crippen molar-refractivity contribution in [3.8, 4) is 0 Å². The number of unbranched alkanes of at least 4 members (excludes halogenated alkanes) is 1. The van der Waals surface area contributed by atoms with Crippen LogP contribution in [0.4, 0.5) is 13.2 Å². The molecule has 0 atom stereocenters. The first-order chi connectivity index (χ1) is 6.91. The topological polar surface area (TPSA) is 38.0 Å². The van der Waals surface area contributed by atoms with Crippen LogP contribution in [0.25, 0.3) is 0 Å². The van der Waals surface area contributed by atoms with Gasteiger partial charge in [-0.1, -0.05) is 0 Å². The molecule has 90 valence electrons. The van der Waals surface area contributed by atoms with Crippen LogP contribution in [0.1, 0.15) is 38.5 Å². The molecule has 0 amide bonds. The van der Waals surface area contributed by atoms with Crippen LogP contribution >= 0.6 is 0 Å². The van der Waals surface area contributed by atoms with E-state index < -0.39 is 12.6 Å². The van der Waals surface area contributed by atoms with Gasteiger partial charge < -0.3 is 11.1 Å². The van der Waals surface area contributed by atoms with Crippen molar-refractivity contribution in [2.45, 2.75) is 50.2 Å². The number of rotatable bonds is 6. The number of nitrogens with one attached hydrogen (secondary N) is 1. The second kappa shape index (κ2) is 5.16. The Morgan fingerprint density at radius 2 is 1.87 bits per heavy atom. The largest absolute Gasteiger partial charge is 0.389 e. The molecule has 1 fully saturated rings. The van der Waals surface area contributed by atoms with Crippen molar-refractivity contribution in [3.63, 3.8) is 0 Å². The van der Waals surface area contributed by atoms with Gasteiger partial charge in [0.15, 0.2) is 0 Å². The van der Waals surface area contributed by atoms with Crippen molar-refractivity contribution in [2.24, 2.45) is 5.73 Å². The Hall–Kier alpha value is -0.290. The van der Waals surface area contributed by atoms with E-state index in [1.165, 1.54) is 6.42 Å². The van der Waals surface area contributed by atoms with E-state index in [0.29, 0.717) is 13.0 Å². The molecule has 0 spiro atoms. The second-order valence-corrected chi connectivity index (χ2v) is 4.46. The average Bonchev–Trinajstić information content (AvgIpc) is 2.06. The molecular weight excluding hydrogens is 205 g/mol. The van der Waals surface area contributed by atoms with E-state index in [9.17, 15) is 13.2 Å². The lowest BCUT2D eigenvalue weighted by Gasteiger charge is -2.38. The highest BCUT2D eigenvalue weighted by molar-refractivity contribution is 4.94. The normalized spacial score (nSPS) is 20.0. The molecular formula is C10H19F3N2. The van der Waals surface area contributed by atoms with E-state index in [1.807, 2.05) is 0 Å². The smallest absolute Gasteiger partial charge is 0.324 e. The Kier molecular flexibility index (Phi) is 4.40. The van der Waals surface area contributed by atoms with Gasteiger partial charge in [-0.25, -0.2) is 0 Å². The molecule has 0 aliphatic heterocycles. The van der Waals surface area contributed by atoms with Gasteiger partial charge in [-0.15, -0.1) is 0 Å². The molecule has 0 radical (unpaired) electrons. The van der Waals surface area contributed by atoms with Crippen LogP contribution in [0.15, 0.2) is 0 Å². The Balaban J connectivity index is 1.89. The molecule has 2 nitrogen and oxygen atoms in total. The van der Waals surface area contributed by atoms with Gasteiger partial charge >= 0.3 is 6.18 Å². The van der Waals surface area contributed by atoms with Crippen LogP contribution in [0.2, 0.25) is 0 Å². The molecule has 1 rings (SSSR count). The SMILES string of the molecule is NC1(CNCCCCC(F)(F)F)CCC1.